The molecule has 0 aliphatic carbocycles. The summed E-state index contributed by atoms with van der Waals surface area (Å²) in [4.78, 5) is 4.10. The molecule has 0 amide bonds. The lowest BCUT2D eigenvalue weighted by atomic mass is 10.1. The van der Waals surface area contributed by atoms with Gasteiger partial charge in [-0.3, -0.25) is 4.98 Å². The molecule has 0 saturated heterocycles. The molecule has 1 aromatic carbocycles. The average Bonchev–Trinajstić information content (AvgIpc) is 2.53. The highest BCUT2D eigenvalue weighted by Crippen LogP contribution is 2.25. The molecule has 0 radical (unpaired) electrons. The molecule has 116 valence electrons. The number of benzene rings is 1. The largest absolute Gasteiger partial charge is 0.493 e. The number of amidine groups is 1. The highest BCUT2D eigenvalue weighted by molar-refractivity contribution is 5.97. The van der Waals surface area contributed by atoms with E-state index in [1.54, 1.807) is 6.20 Å². The quantitative estimate of drug-likeness (QED) is 0.282. The molecule has 0 fully saturated rings. The van der Waals surface area contributed by atoms with Crippen LogP contribution < -0.4 is 10.5 Å². The minimum absolute atomic E-state index is 0.106. The van der Waals surface area contributed by atoms with Crippen molar-refractivity contribution in [2.24, 2.45) is 10.9 Å². The second-order valence-electron chi connectivity index (χ2n) is 5.24. The van der Waals surface area contributed by atoms with Crippen molar-refractivity contribution in [1.29, 1.82) is 0 Å². The van der Waals surface area contributed by atoms with Crippen LogP contribution in [0.1, 0.15) is 28.7 Å². The molecule has 0 aliphatic rings. The van der Waals surface area contributed by atoms with Crippen molar-refractivity contribution >= 4 is 5.84 Å². The summed E-state index contributed by atoms with van der Waals surface area (Å²) in [5.41, 5.74) is 9.48. The zero-order valence-electron chi connectivity index (χ0n) is 12.9. The number of hydrogen-bond donors (Lipinski definition) is 2. The summed E-state index contributed by atoms with van der Waals surface area (Å²) in [7, 11) is 0. The molecular weight excluding hydrogens is 278 g/mol. The molecule has 0 aliphatic heterocycles. The first kappa shape index (κ1) is 15.8. The summed E-state index contributed by atoms with van der Waals surface area (Å²) < 4.78 is 5.89. The van der Waals surface area contributed by atoms with E-state index in [0.717, 1.165) is 29.7 Å². The number of aromatic nitrogens is 1. The van der Waals surface area contributed by atoms with Crippen LogP contribution in [0.4, 0.5) is 0 Å². The zero-order valence-corrected chi connectivity index (χ0v) is 12.9. The molecule has 5 heteroatoms. The molecule has 0 unspecified atom stereocenters. The maximum Gasteiger partial charge on any atom is 0.170 e. The van der Waals surface area contributed by atoms with Crippen molar-refractivity contribution in [3.8, 4) is 5.75 Å². The number of oxime groups is 1. The summed E-state index contributed by atoms with van der Waals surface area (Å²) in [6.45, 7) is 4.55. The van der Waals surface area contributed by atoms with Gasteiger partial charge in [-0.05, 0) is 61.6 Å². The predicted molar refractivity (Wildman–Crippen MR) is 86.5 cm³/mol. The molecule has 2 aromatic rings. The van der Waals surface area contributed by atoms with E-state index in [9.17, 15) is 0 Å². The third-order valence-corrected chi connectivity index (χ3v) is 3.44. The fraction of sp³-hybridized carbons (Fsp3) is 0.294. The monoisotopic (exact) mass is 299 g/mol. The van der Waals surface area contributed by atoms with E-state index in [-0.39, 0.29) is 5.84 Å². The average molecular weight is 299 g/mol. The van der Waals surface area contributed by atoms with Gasteiger partial charge in [-0.25, -0.2) is 0 Å². The highest BCUT2D eigenvalue weighted by atomic mass is 16.5. The molecule has 0 bridgehead atoms. The van der Waals surface area contributed by atoms with Gasteiger partial charge in [0.25, 0.3) is 0 Å². The Balaban J connectivity index is 1.95. The minimum atomic E-state index is 0.106. The summed E-state index contributed by atoms with van der Waals surface area (Å²) >= 11 is 0. The van der Waals surface area contributed by atoms with Crippen molar-refractivity contribution in [2.45, 2.75) is 26.7 Å². The van der Waals surface area contributed by atoms with Gasteiger partial charge in [0, 0.05) is 18.0 Å². The van der Waals surface area contributed by atoms with Crippen molar-refractivity contribution in [3.05, 3.63) is 58.9 Å². The Kier molecular flexibility index (Phi) is 5.36. The lowest BCUT2D eigenvalue weighted by molar-refractivity contribution is 0.307. The number of ether oxygens (including phenoxy) is 1. The number of rotatable bonds is 6. The van der Waals surface area contributed by atoms with Crippen LogP contribution in [0.3, 0.4) is 0 Å². The lowest BCUT2D eigenvalue weighted by Crippen LogP contribution is -2.14. The van der Waals surface area contributed by atoms with Gasteiger partial charge in [0.2, 0.25) is 0 Å². The van der Waals surface area contributed by atoms with Gasteiger partial charge >= 0.3 is 0 Å². The van der Waals surface area contributed by atoms with Gasteiger partial charge in [0.15, 0.2) is 5.84 Å². The van der Waals surface area contributed by atoms with E-state index < -0.39 is 0 Å². The van der Waals surface area contributed by atoms with Crippen LogP contribution in [-0.4, -0.2) is 22.6 Å². The standard InChI is InChI=1S/C17H21N3O2/c1-12-9-15(17(18)20-21)10-13(2)16(12)22-8-4-6-14-5-3-7-19-11-14/h3,5,7,9-11,21H,4,6,8H2,1-2H3,(H2,18,20). The molecular formula is C17H21N3O2. The maximum absolute atomic E-state index is 8.75. The molecule has 3 N–H and O–H groups in total. The highest BCUT2D eigenvalue weighted by Gasteiger charge is 2.09. The first-order valence-electron chi connectivity index (χ1n) is 7.22. The molecule has 0 atom stereocenters. The lowest BCUT2D eigenvalue weighted by Gasteiger charge is -2.13. The van der Waals surface area contributed by atoms with Crippen LogP contribution in [0.2, 0.25) is 0 Å². The fourth-order valence-corrected chi connectivity index (χ4v) is 2.38. The summed E-state index contributed by atoms with van der Waals surface area (Å²) in [6, 6.07) is 7.72. The zero-order chi connectivity index (χ0) is 15.9. The summed E-state index contributed by atoms with van der Waals surface area (Å²) in [5, 5.41) is 11.8. The Bertz CT molecular complexity index is 631. The molecule has 22 heavy (non-hydrogen) atoms. The summed E-state index contributed by atoms with van der Waals surface area (Å²) in [6.07, 6.45) is 5.51. The predicted octanol–water partition coefficient (Wildman–Crippen LogP) is 2.80. The number of aryl methyl sites for hydroxylation is 3. The normalized spacial score (nSPS) is 11.5. The first-order chi connectivity index (χ1) is 10.6. The van der Waals surface area contributed by atoms with Crippen LogP contribution in [-0.2, 0) is 6.42 Å². The van der Waals surface area contributed by atoms with Gasteiger partial charge in [-0.2, -0.15) is 0 Å². The van der Waals surface area contributed by atoms with Crippen LogP contribution in [0, 0.1) is 13.8 Å². The number of nitrogens with zero attached hydrogens (tertiary/aromatic N) is 2. The summed E-state index contributed by atoms with van der Waals surface area (Å²) in [5.74, 6) is 0.968. The molecule has 2 rings (SSSR count). The van der Waals surface area contributed by atoms with E-state index in [4.69, 9.17) is 15.7 Å². The molecule has 0 saturated carbocycles. The van der Waals surface area contributed by atoms with E-state index >= 15 is 0 Å². The van der Waals surface area contributed by atoms with Gasteiger partial charge in [0.05, 0.1) is 6.61 Å². The number of nitrogens with two attached hydrogens (primary N) is 1. The van der Waals surface area contributed by atoms with Crippen LogP contribution in [0.25, 0.3) is 0 Å². The maximum atomic E-state index is 8.75. The Morgan fingerprint density at radius 2 is 2.05 bits per heavy atom. The van der Waals surface area contributed by atoms with Crippen molar-refractivity contribution < 1.29 is 9.94 Å². The van der Waals surface area contributed by atoms with Crippen LogP contribution in [0.15, 0.2) is 41.8 Å². The first-order valence-corrected chi connectivity index (χ1v) is 7.22. The second-order valence-corrected chi connectivity index (χ2v) is 5.24. The Morgan fingerprint density at radius 1 is 1.32 bits per heavy atom. The van der Waals surface area contributed by atoms with E-state index in [2.05, 4.69) is 16.2 Å². The van der Waals surface area contributed by atoms with Gasteiger partial charge < -0.3 is 15.7 Å². The topological polar surface area (TPSA) is 80.7 Å². The van der Waals surface area contributed by atoms with Crippen molar-refractivity contribution in [3.63, 3.8) is 0 Å². The Labute approximate surface area is 130 Å². The number of hydrogen-bond acceptors (Lipinski definition) is 4. The van der Waals surface area contributed by atoms with Gasteiger partial charge in [-0.15, -0.1) is 0 Å². The third kappa shape index (κ3) is 3.97. The van der Waals surface area contributed by atoms with Gasteiger partial charge in [-0.1, -0.05) is 11.2 Å². The minimum Gasteiger partial charge on any atom is -0.493 e. The molecule has 1 heterocycles. The molecule has 0 spiro atoms. The Morgan fingerprint density at radius 3 is 2.64 bits per heavy atom. The Hall–Kier alpha value is -2.56. The van der Waals surface area contributed by atoms with E-state index in [1.165, 1.54) is 5.56 Å². The van der Waals surface area contributed by atoms with Crippen molar-refractivity contribution in [1.82, 2.24) is 4.98 Å². The van der Waals surface area contributed by atoms with Crippen molar-refractivity contribution in [2.75, 3.05) is 6.61 Å². The van der Waals surface area contributed by atoms with Gasteiger partial charge in [0.1, 0.15) is 5.75 Å². The van der Waals surface area contributed by atoms with E-state index in [1.807, 2.05) is 38.2 Å². The number of pyridine rings is 1. The second kappa shape index (κ2) is 7.45. The third-order valence-electron chi connectivity index (χ3n) is 3.44. The fourth-order valence-electron chi connectivity index (χ4n) is 2.38. The smallest absolute Gasteiger partial charge is 0.170 e. The van der Waals surface area contributed by atoms with E-state index in [0.29, 0.717) is 12.2 Å². The SMILES string of the molecule is Cc1cc(C(N)=NO)cc(C)c1OCCCc1cccnc1. The molecule has 1 aromatic heterocycles. The van der Waals surface area contributed by atoms with Crippen LogP contribution in [0.5, 0.6) is 5.75 Å². The van der Waals surface area contributed by atoms with Crippen LogP contribution >= 0.6 is 0 Å². The molecule has 5 nitrogen and oxygen atoms in total.